The summed E-state index contributed by atoms with van der Waals surface area (Å²) in [5.74, 6) is 0.209. The van der Waals surface area contributed by atoms with Crippen LogP contribution in [-0.2, 0) is 0 Å². The molecule has 0 bridgehead atoms. The molecule has 0 unspecified atom stereocenters. The van der Waals surface area contributed by atoms with E-state index in [0.29, 0.717) is 35.5 Å². The van der Waals surface area contributed by atoms with Crippen molar-refractivity contribution in [3.8, 4) is 11.5 Å². The van der Waals surface area contributed by atoms with Crippen molar-refractivity contribution in [2.75, 3.05) is 6.61 Å². The third-order valence-corrected chi connectivity index (χ3v) is 3.34. The first-order valence-electron chi connectivity index (χ1n) is 6.34. The second-order valence-corrected chi connectivity index (χ2v) is 5.40. The Hall–Kier alpha value is -1.89. The lowest BCUT2D eigenvalue weighted by Gasteiger charge is -2.11. The van der Waals surface area contributed by atoms with Gasteiger partial charge in [-0.3, -0.25) is 4.79 Å². The number of benzene rings is 2. The van der Waals surface area contributed by atoms with Gasteiger partial charge in [-0.1, -0.05) is 6.07 Å². The van der Waals surface area contributed by atoms with E-state index < -0.39 is 5.97 Å². The summed E-state index contributed by atoms with van der Waals surface area (Å²) in [6.45, 7) is 2.23. The van der Waals surface area contributed by atoms with E-state index in [9.17, 15) is 9.59 Å². The van der Waals surface area contributed by atoms with Crippen LogP contribution in [0.15, 0.2) is 42.5 Å². The molecule has 0 heterocycles. The number of hydrogen-bond acceptors (Lipinski definition) is 4. The Bertz CT molecular complexity index is 667. The molecule has 108 valence electrons. The molecule has 0 saturated carbocycles. The minimum atomic E-state index is -0.465. The number of halogens is 1. The fraction of sp³-hybridized carbons (Fsp3) is 0.125. The molecule has 0 amide bonds. The molecular weight excluding hydrogens is 383 g/mol. The number of rotatable bonds is 5. The van der Waals surface area contributed by atoms with Crippen molar-refractivity contribution in [2.24, 2.45) is 0 Å². The minimum absolute atomic E-state index is 0.298. The van der Waals surface area contributed by atoms with Crippen molar-refractivity contribution in [1.82, 2.24) is 0 Å². The Morgan fingerprint density at radius 2 is 2.00 bits per heavy atom. The van der Waals surface area contributed by atoms with Crippen LogP contribution >= 0.6 is 22.6 Å². The molecule has 0 fully saturated rings. The van der Waals surface area contributed by atoms with Gasteiger partial charge < -0.3 is 9.47 Å². The summed E-state index contributed by atoms with van der Waals surface area (Å²) in [7, 11) is 0. The Kier molecular flexibility index (Phi) is 5.32. The van der Waals surface area contributed by atoms with Crippen molar-refractivity contribution in [2.45, 2.75) is 6.92 Å². The van der Waals surface area contributed by atoms with Crippen molar-refractivity contribution in [1.29, 1.82) is 0 Å². The van der Waals surface area contributed by atoms with Gasteiger partial charge in [-0.15, -0.1) is 0 Å². The van der Waals surface area contributed by atoms with E-state index in [0.717, 1.165) is 3.57 Å². The maximum absolute atomic E-state index is 12.1. The summed E-state index contributed by atoms with van der Waals surface area (Å²) in [6, 6.07) is 11.8. The number of aldehydes is 1. The third kappa shape index (κ3) is 4.04. The first-order chi connectivity index (χ1) is 10.1. The van der Waals surface area contributed by atoms with Gasteiger partial charge in [-0.25, -0.2) is 4.79 Å². The standard InChI is InChI=1S/C16H13IO4/c1-2-20-15-8-11(10-18)6-7-14(15)21-16(19)12-4-3-5-13(17)9-12/h3-10H,2H2,1H3. The van der Waals surface area contributed by atoms with E-state index in [1.165, 1.54) is 0 Å². The highest BCUT2D eigenvalue weighted by atomic mass is 127. The fourth-order valence-electron chi connectivity index (χ4n) is 1.72. The second-order valence-electron chi connectivity index (χ2n) is 4.16. The molecule has 4 nitrogen and oxygen atoms in total. The summed E-state index contributed by atoms with van der Waals surface area (Å²) in [5.41, 5.74) is 0.927. The molecule has 0 radical (unpaired) electrons. The highest BCUT2D eigenvalue weighted by molar-refractivity contribution is 14.1. The molecule has 0 aliphatic heterocycles. The van der Waals surface area contributed by atoms with E-state index >= 15 is 0 Å². The molecule has 2 rings (SSSR count). The molecule has 0 N–H and O–H groups in total. The number of esters is 1. The topological polar surface area (TPSA) is 52.6 Å². The van der Waals surface area contributed by atoms with Crippen LogP contribution in [0, 0.1) is 3.57 Å². The van der Waals surface area contributed by atoms with E-state index in [1.807, 2.05) is 13.0 Å². The quantitative estimate of drug-likeness (QED) is 0.335. The predicted octanol–water partition coefficient (Wildman–Crippen LogP) is 3.72. The van der Waals surface area contributed by atoms with Gasteiger partial charge in [0, 0.05) is 9.13 Å². The fourth-order valence-corrected chi connectivity index (χ4v) is 2.27. The number of carbonyl (C=O) groups excluding carboxylic acids is 2. The molecule has 0 spiro atoms. The number of carbonyl (C=O) groups is 2. The van der Waals surface area contributed by atoms with Crippen LogP contribution in [0.5, 0.6) is 11.5 Å². The van der Waals surface area contributed by atoms with Crippen molar-refractivity contribution >= 4 is 34.8 Å². The Labute approximate surface area is 136 Å². The van der Waals surface area contributed by atoms with Crippen LogP contribution in [0.2, 0.25) is 0 Å². The SMILES string of the molecule is CCOc1cc(C=O)ccc1OC(=O)c1cccc(I)c1. The largest absolute Gasteiger partial charge is 0.490 e. The lowest BCUT2D eigenvalue weighted by molar-refractivity contribution is 0.0728. The summed E-state index contributed by atoms with van der Waals surface area (Å²) < 4.78 is 11.7. The van der Waals surface area contributed by atoms with Gasteiger partial charge in [0.15, 0.2) is 11.5 Å². The smallest absolute Gasteiger partial charge is 0.343 e. The summed E-state index contributed by atoms with van der Waals surface area (Å²) >= 11 is 2.13. The molecule has 21 heavy (non-hydrogen) atoms. The van der Waals surface area contributed by atoms with Crippen LogP contribution in [0.25, 0.3) is 0 Å². The van der Waals surface area contributed by atoms with Gasteiger partial charge in [-0.05, 0) is 65.9 Å². The van der Waals surface area contributed by atoms with Crippen molar-refractivity contribution in [3.05, 3.63) is 57.2 Å². The van der Waals surface area contributed by atoms with Crippen molar-refractivity contribution < 1.29 is 19.1 Å². The zero-order valence-electron chi connectivity index (χ0n) is 11.3. The zero-order valence-corrected chi connectivity index (χ0v) is 13.5. The average molecular weight is 396 g/mol. The maximum atomic E-state index is 12.1. The normalized spacial score (nSPS) is 10.0. The molecule has 0 atom stereocenters. The lowest BCUT2D eigenvalue weighted by atomic mass is 10.2. The Balaban J connectivity index is 2.26. The molecule has 0 aliphatic carbocycles. The van der Waals surface area contributed by atoms with Crippen LogP contribution in [-0.4, -0.2) is 18.9 Å². The first kappa shape index (κ1) is 15.5. The summed E-state index contributed by atoms with van der Waals surface area (Å²) in [5, 5.41) is 0. The first-order valence-corrected chi connectivity index (χ1v) is 7.41. The number of hydrogen-bond donors (Lipinski definition) is 0. The van der Waals surface area contributed by atoms with Crippen LogP contribution in [0.3, 0.4) is 0 Å². The molecule has 5 heteroatoms. The van der Waals surface area contributed by atoms with E-state index in [-0.39, 0.29) is 0 Å². The summed E-state index contributed by atoms with van der Waals surface area (Å²) in [4.78, 5) is 22.9. The Morgan fingerprint density at radius 1 is 1.19 bits per heavy atom. The second kappa shape index (κ2) is 7.21. The third-order valence-electron chi connectivity index (χ3n) is 2.67. The zero-order chi connectivity index (χ0) is 15.2. The molecule has 2 aromatic rings. The average Bonchev–Trinajstić information content (AvgIpc) is 2.49. The molecule has 2 aromatic carbocycles. The molecular formula is C16H13IO4. The molecule has 0 aliphatic rings. The monoisotopic (exact) mass is 396 g/mol. The van der Waals surface area contributed by atoms with Crippen LogP contribution in [0.4, 0.5) is 0 Å². The van der Waals surface area contributed by atoms with Gasteiger partial charge in [-0.2, -0.15) is 0 Å². The predicted molar refractivity (Wildman–Crippen MR) is 87.1 cm³/mol. The van der Waals surface area contributed by atoms with Gasteiger partial charge in [0.1, 0.15) is 6.29 Å². The van der Waals surface area contributed by atoms with E-state index in [1.54, 1.807) is 36.4 Å². The highest BCUT2D eigenvalue weighted by Gasteiger charge is 2.13. The van der Waals surface area contributed by atoms with Crippen molar-refractivity contribution in [3.63, 3.8) is 0 Å². The van der Waals surface area contributed by atoms with Crippen LogP contribution in [0.1, 0.15) is 27.6 Å². The highest BCUT2D eigenvalue weighted by Crippen LogP contribution is 2.29. The van der Waals surface area contributed by atoms with Gasteiger partial charge >= 0.3 is 5.97 Å². The summed E-state index contributed by atoms with van der Waals surface area (Å²) in [6.07, 6.45) is 0.716. The van der Waals surface area contributed by atoms with E-state index in [4.69, 9.17) is 9.47 Å². The van der Waals surface area contributed by atoms with Gasteiger partial charge in [0.05, 0.1) is 12.2 Å². The molecule has 0 saturated heterocycles. The molecule has 0 aromatic heterocycles. The maximum Gasteiger partial charge on any atom is 0.343 e. The Morgan fingerprint density at radius 3 is 2.67 bits per heavy atom. The minimum Gasteiger partial charge on any atom is -0.490 e. The van der Waals surface area contributed by atoms with Gasteiger partial charge in [0.25, 0.3) is 0 Å². The van der Waals surface area contributed by atoms with Gasteiger partial charge in [0.2, 0.25) is 0 Å². The lowest BCUT2D eigenvalue weighted by Crippen LogP contribution is -2.10. The van der Waals surface area contributed by atoms with Crippen LogP contribution < -0.4 is 9.47 Å². The van der Waals surface area contributed by atoms with E-state index in [2.05, 4.69) is 22.6 Å². The number of ether oxygens (including phenoxy) is 2.